The lowest BCUT2D eigenvalue weighted by atomic mass is 9.65. The Balaban J connectivity index is 1.07. The number of nitrogens with zero attached hydrogens (tertiary/aromatic N) is 3. The summed E-state index contributed by atoms with van der Waals surface area (Å²) in [5.74, 6) is 2.32. The molecule has 5 nitrogen and oxygen atoms in total. The highest BCUT2D eigenvalue weighted by molar-refractivity contribution is 6.16. The van der Waals surface area contributed by atoms with Gasteiger partial charge in [0.15, 0.2) is 5.82 Å². The molecule has 0 amide bonds. The van der Waals surface area contributed by atoms with E-state index in [2.05, 4.69) is 170 Å². The quantitative estimate of drug-likeness (QED) is 0.165. The number of rotatable bonds is 4. The Morgan fingerprint density at radius 1 is 0.369 bits per heavy atom. The zero-order valence-corrected chi connectivity index (χ0v) is 34.9. The van der Waals surface area contributed by atoms with Crippen molar-refractivity contribution in [1.29, 1.82) is 0 Å². The van der Waals surface area contributed by atoms with Crippen LogP contribution >= 0.6 is 0 Å². The molecule has 3 aromatic heterocycles. The standard InChI is InChI=1S/C60H35N3O2/c1-3-16-36(17-4-1)57-43-31-32-48-58(65-53-28-14-12-26-47(53)60(48)45-24-10-7-20-39(45)40-21-8-11-25-46(40)60)56(43)44-34-38(30-33-49(44)61-57)50-35-51(63-59(62-50)37-18-5-2-6-19-37)41-23-15-29-54-55(41)42-22-9-13-27-52(42)64-54/h1-35H. The first-order valence-corrected chi connectivity index (χ1v) is 22.0. The van der Waals surface area contributed by atoms with E-state index in [9.17, 15) is 0 Å². The van der Waals surface area contributed by atoms with Gasteiger partial charge in [-0.05, 0) is 58.7 Å². The average molecular weight is 830 g/mol. The van der Waals surface area contributed by atoms with Gasteiger partial charge in [-0.3, -0.25) is 0 Å². The Hall–Kier alpha value is -8.67. The molecule has 1 aliphatic heterocycles. The Labute approximate surface area is 373 Å². The van der Waals surface area contributed by atoms with E-state index in [1.54, 1.807) is 0 Å². The molecule has 4 heterocycles. The molecule has 0 saturated carbocycles. The molecular formula is C60H35N3O2. The van der Waals surface area contributed by atoms with E-state index < -0.39 is 5.41 Å². The van der Waals surface area contributed by atoms with Crippen LogP contribution in [0.3, 0.4) is 0 Å². The molecule has 0 radical (unpaired) electrons. The summed E-state index contributed by atoms with van der Waals surface area (Å²) in [4.78, 5) is 16.0. The summed E-state index contributed by atoms with van der Waals surface area (Å²) in [7, 11) is 0. The summed E-state index contributed by atoms with van der Waals surface area (Å²) < 4.78 is 13.7. The number of furan rings is 1. The molecule has 0 bridgehead atoms. The van der Waals surface area contributed by atoms with Crippen LogP contribution in [0.5, 0.6) is 11.5 Å². The van der Waals surface area contributed by atoms with Crippen molar-refractivity contribution < 1.29 is 9.15 Å². The fourth-order valence-corrected chi connectivity index (χ4v) is 10.8. The summed E-state index contributed by atoms with van der Waals surface area (Å²) in [5.41, 5.74) is 15.6. The summed E-state index contributed by atoms with van der Waals surface area (Å²) >= 11 is 0. The lowest BCUT2D eigenvalue weighted by Gasteiger charge is -2.40. The van der Waals surface area contributed by atoms with Crippen LogP contribution in [0.1, 0.15) is 22.3 Å². The van der Waals surface area contributed by atoms with Crippen LogP contribution < -0.4 is 4.74 Å². The van der Waals surface area contributed by atoms with Gasteiger partial charge < -0.3 is 9.15 Å². The van der Waals surface area contributed by atoms with Crippen molar-refractivity contribution in [2.24, 2.45) is 0 Å². The van der Waals surface area contributed by atoms with Crippen molar-refractivity contribution in [3.05, 3.63) is 235 Å². The molecule has 14 rings (SSSR count). The fourth-order valence-electron chi connectivity index (χ4n) is 10.8. The number of hydrogen-bond acceptors (Lipinski definition) is 5. The minimum atomic E-state index is -0.615. The third-order valence-electron chi connectivity index (χ3n) is 13.5. The molecule has 302 valence electrons. The third kappa shape index (κ3) is 5.12. The lowest BCUT2D eigenvalue weighted by Crippen LogP contribution is -2.32. The maximum absolute atomic E-state index is 7.31. The summed E-state index contributed by atoms with van der Waals surface area (Å²) in [6.45, 7) is 0. The SMILES string of the molecule is c1ccc(-c2nc(-c3ccc4nc(-c5ccccc5)c5ccc6c(c5c4c3)Oc3ccccc3C63c4ccccc4-c4ccccc43)cc(-c3cccc4oc5ccccc5c34)n2)cc1. The van der Waals surface area contributed by atoms with Crippen LogP contribution in [0.15, 0.2) is 217 Å². The van der Waals surface area contributed by atoms with Crippen molar-refractivity contribution in [3.63, 3.8) is 0 Å². The van der Waals surface area contributed by atoms with Crippen molar-refractivity contribution in [3.8, 4) is 67.8 Å². The van der Waals surface area contributed by atoms with Gasteiger partial charge >= 0.3 is 0 Å². The normalized spacial score (nSPS) is 13.2. The van der Waals surface area contributed by atoms with E-state index >= 15 is 0 Å². The third-order valence-corrected chi connectivity index (χ3v) is 13.5. The molecule has 0 unspecified atom stereocenters. The van der Waals surface area contributed by atoms with Crippen LogP contribution in [-0.4, -0.2) is 15.0 Å². The molecule has 1 aliphatic carbocycles. The molecule has 0 atom stereocenters. The van der Waals surface area contributed by atoms with E-state index in [-0.39, 0.29) is 0 Å². The number of fused-ring (bicyclic) bond motifs is 16. The molecule has 9 aromatic carbocycles. The highest BCUT2D eigenvalue weighted by atomic mass is 16.5. The van der Waals surface area contributed by atoms with Gasteiger partial charge in [-0.1, -0.05) is 176 Å². The van der Waals surface area contributed by atoms with E-state index in [0.29, 0.717) is 5.82 Å². The predicted octanol–water partition coefficient (Wildman–Crippen LogP) is 15.2. The first-order valence-electron chi connectivity index (χ1n) is 22.0. The molecular weight excluding hydrogens is 795 g/mol. The highest BCUT2D eigenvalue weighted by Gasteiger charge is 2.51. The average Bonchev–Trinajstić information content (AvgIpc) is 3.90. The maximum Gasteiger partial charge on any atom is 0.160 e. The minimum Gasteiger partial charge on any atom is -0.456 e. The van der Waals surface area contributed by atoms with Gasteiger partial charge in [-0.2, -0.15) is 0 Å². The monoisotopic (exact) mass is 829 g/mol. The molecule has 1 spiro atoms. The molecule has 65 heavy (non-hydrogen) atoms. The minimum absolute atomic E-state index is 0.615. The molecule has 0 fully saturated rings. The number of pyridine rings is 1. The van der Waals surface area contributed by atoms with Crippen LogP contribution in [0, 0.1) is 0 Å². The van der Waals surface area contributed by atoms with Crippen LogP contribution in [0.4, 0.5) is 0 Å². The number of ether oxygens (including phenoxy) is 1. The second-order valence-electron chi connectivity index (χ2n) is 17.0. The van der Waals surface area contributed by atoms with Gasteiger partial charge in [0.25, 0.3) is 0 Å². The first-order chi connectivity index (χ1) is 32.2. The Morgan fingerprint density at radius 2 is 1.02 bits per heavy atom. The van der Waals surface area contributed by atoms with E-state index in [1.165, 1.54) is 22.3 Å². The maximum atomic E-state index is 7.31. The number of para-hydroxylation sites is 2. The zero-order valence-electron chi connectivity index (χ0n) is 34.9. The van der Waals surface area contributed by atoms with Crippen molar-refractivity contribution in [2.75, 3.05) is 0 Å². The second kappa shape index (κ2) is 13.7. The summed E-state index contributed by atoms with van der Waals surface area (Å²) in [6, 6.07) is 74.6. The van der Waals surface area contributed by atoms with Crippen LogP contribution in [0.25, 0.3) is 99.9 Å². The molecule has 12 aromatic rings. The van der Waals surface area contributed by atoms with Gasteiger partial charge in [-0.15, -0.1) is 0 Å². The Morgan fingerprint density at radius 3 is 1.82 bits per heavy atom. The number of aromatic nitrogens is 3. The molecule has 0 N–H and O–H groups in total. The van der Waals surface area contributed by atoms with E-state index in [0.717, 1.165) is 106 Å². The number of hydrogen-bond donors (Lipinski definition) is 0. The Kier molecular flexibility index (Phi) is 7.54. The molecule has 2 aliphatic rings. The van der Waals surface area contributed by atoms with Gasteiger partial charge in [0.05, 0.1) is 28.0 Å². The largest absolute Gasteiger partial charge is 0.456 e. The van der Waals surface area contributed by atoms with Gasteiger partial charge in [0.2, 0.25) is 0 Å². The van der Waals surface area contributed by atoms with Gasteiger partial charge in [-0.25, -0.2) is 15.0 Å². The summed E-state index contributed by atoms with van der Waals surface area (Å²) in [5, 5.41) is 5.08. The Bertz CT molecular complexity index is 3890. The van der Waals surface area contributed by atoms with Crippen molar-refractivity contribution in [1.82, 2.24) is 15.0 Å². The van der Waals surface area contributed by atoms with Gasteiger partial charge in [0, 0.05) is 60.3 Å². The molecule has 5 heteroatoms. The highest BCUT2D eigenvalue weighted by Crippen LogP contribution is 2.63. The fraction of sp³-hybridized carbons (Fsp3) is 0.0167. The smallest absolute Gasteiger partial charge is 0.160 e. The summed E-state index contributed by atoms with van der Waals surface area (Å²) in [6.07, 6.45) is 0. The predicted molar refractivity (Wildman–Crippen MR) is 261 cm³/mol. The number of benzene rings is 9. The van der Waals surface area contributed by atoms with Gasteiger partial charge in [0.1, 0.15) is 22.7 Å². The van der Waals surface area contributed by atoms with Crippen LogP contribution in [-0.2, 0) is 5.41 Å². The lowest BCUT2D eigenvalue weighted by molar-refractivity contribution is 0.442. The van der Waals surface area contributed by atoms with E-state index in [1.807, 2.05) is 42.5 Å². The van der Waals surface area contributed by atoms with Crippen molar-refractivity contribution in [2.45, 2.75) is 5.41 Å². The second-order valence-corrected chi connectivity index (χ2v) is 17.0. The topological polar surface area (TPSA) is 61.0 Å². The van der Waals surface area contributed by atoms with Crippen molar-refractivity contribution >= 4 is 43.6 Å². The van der Waals surface area contributed by atoms with Crippen LogP contribution in [0.2, 0.25) is 0 Å². The first kappa shape index (κ1) is 35.9. The molecule has 0 saturated heterocycles. The zero-order chi connectivity index (χ0) is 42.6. The van der Waals surface area contributed by atoms with E-state index in [4.69, 9.17) is 24.1 Å².